The maximum atomic E-state index is 9.39. The number of methoxy groups -OCH3 is 1. The molecule has 0 spiro atoms. The molecular formula is C16H13BrN2O. The first-order chi connectivity index (χ1) is 9.67. The van der Waals surface area contributed by atoms with Gasteiger partial charge in [0.05, 0.1) is 18.4 Å². The fourth-order valence-corrected chi connectivity index (χ4v) is 2.25. The largest absolute Gasteiger partial charge is 0.496 e. The van der Waals surface area contributed by atoms with Crippen molar-refractivity contribution in [1.29, 1.82) is 5.26 Å². The number of ether oxygens (including phenoxy) is 1. The van der Waals surface area contributed by atoms with Gasteiger partial charge in [-0.25, -0.2) is 0 Å². The third-order valence-electron chi connectivity index (χ3n) is 2.90. The molecule has 0 saturated carbocycles. The van der Waals surface area contributed by atoms with Crippen LogP contribution in [-0.4, -0.2) is 7.11 Å². The van der Waals surface area contributed by atoms with Crippen LogP contribution in [0.5, 0.6) is 5.75 Å². The molecule has 2 aromatic rings. The van der Waals surface area contributed by atoms with Crippen molar-refractivity contribution < 1.29 is 4.74 Å². The molecule has 4 heteroatoms. The van der Waals surface area contributed by atoms with E-state index in [-0.39, 0.29) is 0 Å². The number of nitrogens with zero attached hydrogens (tertiary/aromatic N) is 1. The Labute approximate surface area is 126 Å². The van der Waals surface area contributed by atoms with E-state index in [0.29, 0.717) is 22.6 Å². The van der Waals surface area contributed by atoms with Crippen LogP contribution in [0, 0.1) is 11.3 Å². The number of nitrogens with two attached hydrogens (primary N) is 1. The predicted octanol–water partition coefficient (Wildman–Crippen LogP) is 3.81. The second kappa shape index (κ2) is 6.27. The smallest absolute Gasteiger partial charge is 0.129 e. The van der Waals surface area contributed by atoms with E-state index in [2.05, 4.69) is 22.0 Å². The molecule has 3 nitrogen and oxygen atoms in total. The van der Waals surface area contributed by atoms with Crippen molar-refractivity contribution >= 4 is 27.2 Å². The summed E-state index contributed by atoms with van der Waals surface area (Å²) >= 11 is 3.38. The standard InChI is InChI=1S/C16H13BrN2O/c1-20-15-9-12(17)7-8-13(15)16(19)14(10-18)11-5-3-2-4-6-11/h2-9H,19H2,1H3/b16-14+. The molecule has 20 heavy (non-hydrogen) atoms. The Morgan fingerprint density at radius 1 is 1.20 bits per heavy atom. The van der Waals surface area contributed by atoms with Crippen LogP contribution in [0.4, 0.5) is 0 Å². The number of benzene rings is 2. The number of allylic oxidation sites excluding steroid dienone is 1. The maximum absolute atomic E-state index is 9.39. The average Bonchev–Trinajstić information content (AvgIpc) is 2.48. The van der Waals surface area contributed by atoms with Crippen LogP contribution in [0.15, 0.2) is 53.0 Å². The Hall–Kier alpha value is -2.25. The highest BCUT2D eigenvalue weighted by molar-refractivity contribution is 9.10. The Morgan fingerprint density at radius 2 is 1.90 bits per heavy atom. The number of nitriles is 1. The minimum absolute atomic E-state index is 0.406. The summed E-state index contributed by atoms with van der Waals surface area (Å²) in [5.74, 6) is 0.626. The van der Waals surface area contributed by atoms with Crippen molar-refractivity contribution in [3.05, 3.63) is 64.1 Å². The second-order valence-electron chi connectivity index (χ2n) is 4.11. The monoisotopic (exact) mass is 328 g/mol. The highest BCUT2D eigenvalue weighted by Gasteiger charge is 2.12. The first kappa shape index (κ1) is 14.2. The molecule has 100 valence electrons. The lowest BCUT2D eigenvalue weighted by Gasteiger charge is -2.11. The normalized spacial score (nSPS) is 11.4. The van der Waals surface area contributed by atoms with E-state index >= 15 is 0 Å². The molecule has 0 unspecified atom stereocenters. The first-order valence-corrected chi connectivity index (χ1v) is 6.76. The van der Waals surface area contributed by atoms with Gasteiger partial charge in [0.15, 0.2) is 0 Å². The molecular weight excluding hydrogens is 316 g/mol. The van der Waals surface area contributed by atoms with E-state index in [1.165, 1.54) is 0 Å². The van der Waals surface area contributed by atoms with Gasteiger partial charge in [0, 0.05) is 10.0 Å². The number of rotatable bonds is 3. The van der Waals surface area contributed by atoms with Crippen molar-refractivity contribution in [2.75, 3.05) is 7.11 Å². The van der Waals surface area contributed by atoms with Gasteiger partial charge >= 0.3 is 0 Å². The van der Waals surface area contributed by atoms with Gasteiger partial charge in [-0.3, -0.25) is 0 Å². The average molecular weight is 329 g/mol. The molecule has 0 bridgehead atoms. The van der Waals surface area contributed by atoms with Crippen molar-refractivity contribution in [2.45, 2.75) is 0 Å². The Kier molecular flexibility index (Phi) is 4.44. The number of halogens is 1. The van der Waals surface area contributed by atoms with Crippen LogP contribution >= 0.6 is 15.9 Å². The molecule has 0 fully saturated rings. The summed E-state index contributed by atoms with van der Waals surface area (Å²) < 4.78 is 6.22. The van der Waals surface area contributed by atoms with Crippen molar-refractivity contribution in [2.24, 2.45) is 5.73 Å². The van der Waals surface area contributed by atoms with E-state index in [1.54, 1.807) is 7.11 Å². The fourth-order valence-electron chi connectivity index (χ4n) is 1.91. The van der Waals surface area contributed by atoms with E-state index in [9.17, 15) is 5.26 Å². The lowest BCUT2D eigenvalue weighted by atomic mass is 10.0. The van der Waals surface area contributed by atoms with Gasteiger partial charge in [0.1, 0.15) is 11.8 Å². The second-order valence-corrected chi connectivity index (χ2v) is 5.03. The molecule has 2 N–H and O–H groups in total. The highest BCUT2D eigenvalue weighted by Crippen LogP contribution is 2.31. The van der Waals surface area contributed by atoms with Crippen LogP contribution < -0.4 is 10.5 Å². The SMILES string of the molecule is COc1cc(Br)ccc1/C(N)=C(/C#N)c1ccccc1. The van der Waals surface area contributed by atoms with Crippen LogP contribution in [-0.2, 0) is 0 Å². The molecule has 0 radical (unpaired) electrons. The van der Waals surface area contributed by atoms with Gasteiger partial charge in [-0.2, -0.15) is 5.26 Å². The fraction of sp³-hybridized carbons (Fsp3) is 0.0625. The van der Waals surface area contributed by atoms with Crippen molar-refractivity contribution in [3.8, 4) is 11.8 Å². The van der Waals surface area contributed by atoms with E-state index < -0.39 is 0 Å². The zero-order chi connectivity index (χ0) is 14.5. The summed E-state index contributed by atoms with van der Waals surface area (Å²) in [6.45, 7) is 0. The quantitative estimate of drug-likeness (QED) is 0.688. The molecule has 0 atom stereocenters. The summed E-state index contributed by atoms with van der Waals surface area (Å²) in [5, 5.41) is 9.39. The zero-order valence-corrected chi connectivity index (χ0v) is 12.5. The predicted molar refractivity (Wildman–Crippen MR) is 83.8 cm³/mol. The molecule has 2 rings (SSSR count). The molecule has 0 aliphatic rings. The summed E-state index contributed by atoms with van der Waals surface area (Å²) in [4.78, 5) is 0. The van der Waals surface area contributed by atoms with Gasteiger partial charge in [-0.05, 0) is 23.8 Å². The number of hydrogen-bond acceptors (Lipinski definition) is 3. The first-order valence-electron chi connectivity index (χ1n) is 5.96. The lowest BCUT2D eigenvalue weighted by Crippen LogP contribution is -2.03. The van der Waals surface area contributed by atoms with Gasteiger partial charge in [-0.15, -0.1) is 0 Å². The van der Waals surface area contributed by atoms with Crippen LogP contribution in [0.1, 0.15) is 11.1 Å². The van der Waals surface area contributed by atoms with E-state index in [4.69, 9.17) is 10.5 Å². The van der Waals surface area contributed by atoms with E-state index in [0.717, 1.165) is 10.0 Å². The topological polar surface area (TPSA) is 59.0 Å². The molecule has 2 aromatic carbocycles. The molecule has 0 aromatic heterocycles. The minimum atomic E-state index is 0.406. The zero-order valence-electron chi connectivity index (χ0n) is 10.9. The third-order valence-corrected chi connectivity index (χ3v) is 3.39. The van der Waals surface area contributed by atoms with Crippen LogP contribution in [0.25, 0.3) is 11.3 Å². The Balaban J connectivity index is 2.61. The summed E-state index contributed by atoms with van der Waals surface area (Å²) in [6, 6.07) is 17.1. The molecule has 0 aliphatic carbocycles. The van der Waals surface area contributed by atoms with Crippen molar-refractivity contribution in [1.82, 2.24) is 0 Å². The summed E-state index contributed by atoms with van der Waals surface area (Å²) in [5.41, 5.74) is 8.51. The van der Waals surface area contributed by atoms with Gasteiger partial charge < -0.3 is 10.5 Å². The third kappa shape index (κ3) is 2.84. The maximum Gasteiger partial charge on any atom is 0.129 e. The Morgan fingerprint density at radius 3 is 2.50 bits per heavy atom. The van der Waals surface area contributed by atoms with Crippen molar-refractivity contribution in [3.63, 3.8) is 0 Å². The summed E-state index contributed by atoms with van der Waals surface area (Å²) in [7, 11) is 1.58. The van der Waals surface area contributed by atoms with Gasteiger partial charge in [0.25, 0.3) is 0 Å². The molecule has 0 amide bonds. The molecule has 0 aliphatic heterocycles. The lowest BCUT2D eigenvalue weighted by molar-refractivity contribution is 0.413. The van der Waals surface area contributed by atoms with Crippen LogP contribution in [0.3, 0.4) is 0 Å². The van der Waals surface area contributed by atoms with Crippen LogP contribution in [0.2, 0.25) is 0 Å². The minimum Gasteiger partial charge on any atom is -0.496 e. The number of hydrogen-bond donors (Lipinski definition) is 1. The van der Waals surface area contributed by atoms with Gasteiger partial charge in [0.2, 0.25) is 0 Å². The van der Waals surface area contributed by atoms with Gasteiger partial charge in [-0.1, -0.05) is 46.3 Å². The molecule has 0 saturated heterocycles. The highest BCUT2D eigenvalue weighted by atomic mass is 79.9. The van der Waals surface area contributed by atoms with E-state index in [1.807, 2.05) is 48.5 Å². The molecule has 0 heterocycles. The Bertz CT molecular complexity index is 687. The summed E-state index contributed by atoms with van der Waals surface area (Å²) in [6.07, 6.45) is 0.